The van der Waals surface area contributed by atoms with E-state index in [9.17, 15) is 25.1 Å². The molecule has 0 aliphatic carbocycles. The second-order valence-corrected chi connectivity index (χ2v) is 5.76. The topological polar surface area (TPSA) is 104 Å². The molecule has 1 aromatic rings. The van der Waals surface area contributed by atoms with E-state index in [1.807, 2.05) is 6.92 Å². The number of phenolic OH excluding ortho intramolecular Hbond substituents is 1. The zero-order valence-corrected chi connectivity index (χ0v) is 12.5. The maximum atomic E-state index is 12.4. The number of piperidine rings is 1. The molecule has 1 heterocycles. The molecule has 1 aliphatic rings. The van der Waals surface area contributed by atoms with Crippen molar-refractivity contribution in [3.63, 3.8) is 0 Å². The van der Waals surface area contributed by atoms with Gasteiger partial charge in [-0.25, -0.2) is 0 Å². The number of benzene rings is 1. The van der Waals surface area contributed by atoms with Gasteiger partial charge in [0.15, 0.2) is 5.75 Å². The lowest BCUT2D eigenvalue weighted by Gasteiger charge is -2.40. The molecule has 120 valence electrons. The molecule has 0 atom stereocenters. The Kier molecular flexibility index (Phi) is 4.65. The number of likely N-dealkylation sites (tertiary alicyclic amines) is 1. The second kappa shape index (κ2) is 6.31. The van der Waals surface area contributed by atoms with Crippen molar-refractivity contribution < 1.29 is 19.9 Å². The number of aliphatic hydroxyl groups excluding tert-OH is 1. The van der Waals surface area contributed by atoms with E-state index in [1.165, 1.54) is 12.1 Å². The van der Waals surface area contributed by atoms with Gasteiger partial charge in [0.25, 0.3) is 5.91 Å². The van der Waals surface area contributed by atoms with E-state index >= 15 is 0 Å². The van der Waals surface area contributed by atoms with Crippen LogP contribution in [0.25, 0.3) is 0 Å². The van der Waals surface area contributed by atoms with E-state index in [1.54, 1.807) is 4.90 Å². The first kappa shape index (κ1) is 16.2. The van der Waals surface area contributed by atoms with Crippen LogP contribution in [0.1, 0.15) is 36.5 Å². The number of aromatic hydroxyl groups is 1. The summed E-state index contributed by atoms with van der Waals surface area (Å²) < 4.78 is 0. The van der Waals surface area contributed by atoms with Crippen molar-refractivity contribution in [1.29, 1.82) is 0 Å². The third kappa shape index (κ3) is 3.04. The summed E-state index contributed by atoms with van der Waals surface area (Å²) in [5.74, 6) is -0.740. The highest BCUT2D eigenvalue weighted by atomic mass is 16.6. The Morgan fingerprint density at radius 1 is 1.41 bits per heavy atom. The van der Waals surface area contributed by atoms with E-state index in [0.717, 1.165) is 12.5 Å². The van der Waals surface area contributed by atoms with Crippen LogP contribution < -0.4 is 0 Å². The summed E-state index contributed by atoms with van der Waals surface area (Å²) in [6, 6.07) is 3.66. The van der Waals surface area contributed by atoms with E-state index in [2.05, 4.69) is 0 Å². The summed E-state index contributed by atoms with van der Waals surface area (Å²) in [6.45, 7) is 3.16. The summed E-state index contributed by atoms with van der Waals surface area (Å²) >= 11 is 0. The van der Waals surface area contributed by atoms with E-state index < -0.39 is 16.4 Å². The Balaban J connectivity index is 2.13. The van der Waals surface area contributed by atoms with Gasteiger partial charge in [0.05, 0.1) is 4.92 Å². The minimum Gasteiger partial charge on any atom is -0.502 e. The number of amides is 1. The largest absolute Gasteiger partial charge is 0.502 e. The summed E-state index contributed by atoms with van der Waals surface area (Å²) in [5, 5.41) is 29.8. The number of nitro groups is 1. The predicted octanol–water partition coefficient (Wildman–Crippen LogP) is 1.93. The van der Waals surface area contributed by atoms with Gasteiger partial charge < -0.3 is 15.1 Å². The van der Waals surface area contributed by atoms with E-state index in [0.29, 0.717) is 25.9 Å². The molecule has 0 radical (unpaired) electrons. The summed E-state index contributed by atoms with van der Waals surface area (Å²) in [7, 11) is 0. The molecule has 0 spiro atoms. The second-order valence-electron chi connectivity index (χ2n) is 5.76. The Labute approximate surface area is 128 Å². The van der Waals surface area contributed by atoms with Gasteiger partial charge in [-0.15, -0.1) is 0 Å². The molecular weight excluding hydrogens is 288 g/mol. The van der Waals surface area contributed by atoms with Gasteiger partial charge in [-0.3, -0.25) is 14.9 Å². The average Bonchev–Trinajstić information content (AvgIpc) is 2.54. The first-order valence-corrected chi connectivity index (χ1v) is 7.30. The Morgan fingerprint density at radius 2 is 2.05 bits per heavy atom. The lowest BCUT2D eigenvalue weighted by Crippen LogP contribution is -2.44. The summed E-state index contributed by atoms with van der Waals surface area (Å²) in [4.78, 5) is 24.2. The molecule has 22 heavy (non-hydrogen) atoms. The van der Waals surface area contributed by atoms with Gasteiger partial charge in [0, 0.05) is 31.3 Å². The van der Waals surface area contributed by atoms with E-state index in [-0.39, 0.29) is 23.5 Å². The average molecular weight is 308 g/mol. The van der Waals surface area contributed by atoms with Crippen LogP contribution in [0, 0.1) is 15.5 Å². The number of aliphatic hydroxyl groups is 1. The summed E-state index contributed by atoms with van der Waals surface area (Å²) in [6.07, 6.45) is 2.29. The lowest BCUT2D eigenvalue weighted by molar-refractivity contribution is -0.385. The molecule has 7 heteroatoms. The molecule has 1 aliphatic heterocycles. The number of hydrogen-bond acceptors (Lipinski definition) is 5. The van der Waals surface area contributed by atoms with Crippen molar-refractivity contribution >= 4 is 11.6 Å². The first-order valence-electron chi connectivity index (χ1n) is 7.30. The number of hydrogen-bond donors (Lipinski definition) is 2. The minimum absolute atomic E-state index is 0.107. The first-order chi connectivity index (χ1) is 10.4. The molecule has 0 aromatic heterocycles. The Morgan fingerprint density at radius 3 is 2.55 bits per heavy atom. The molecule has 1 aromatic carbocycles. The molecule has 1 amide bonds. The van der Waals surface area contributed by atoms with Crippen LogP contribution in [-0.4, -0.2) is 45.6 Å². The van der Waals surface area contributed by atoms with Crippen molar-refractivity contribution in [2.45, 2.75) is 26.2 Å². The van der Waals surface area contributed by atoms with Gasteiger partial charge in [0.2, 0.25) is 0 Å². The van der Waals surface area contributed by atoms with Crippen molar-refractivity contribution in [1.82, 2.24) is 4.90 Å². The fourth-order valence-electron chi connectivity index (χ4n) is 2.79. The normalized spacial score (nSPS) is 17.3. The van der Waals surface area contributed by atoms with E-state index in [4.69, 9.17) is 0 Å². The fourth-order valence-corrected chi connectivity index (χ4v) is 2.79. The Bertz CT molecular complexity index is 573. The number of carbonyl (C=O) groups excluding carboxylic acids is 1. The SMILES string of the molecule is CCC1(CO)CCN(C(=O)c2ccc(O)c([N+](=O)[O-])c2)CC1. The van der Waals surface area contributed by atoms with Crippen LogP contribution in [0.3, 0.4) is 0 Å². The number of rotatable bonds is 4. The summed E-state index contributed by atoms with van der Waals surface area (Å²) in [5.41, 5.74) is -0.406. The number of nitrogens with zero attached hydrogens (tertiary/aromatic N) is 2. The molecule has 2 rings (SSSR count). The maximum absolute atomic E-state index is 12.4. The van der Waals surface area contributed by atoms with Crippen LogP contribution in [0.5, 0.6) is 5.75 Å². The molecule has 7 nitrogen and oxygen atoms in total. The number of phenols is 1. The highest BCUT2D eigenvalue weighted by Crippen LogP contribution is 2.35. The molecule has 1 fully saturated rings. The maximum Gasteiger partial charge on any atom is 0.311 e. The molecular formula is C15H20N2O5. The molecule has 0 unspecified atom stereocenters. The standard InChI is InChI=1S/C15H20N2O5/c1-2-15(10-18)5-7-16(8-6-15)14(20)11-3-4-13(19)12(9-11)17(21)22/h3-4,9,18-19H,2,5-8,10H2,1H3. The quantitative estimate of drug-likeness (QED) is 0.653. The predicted molar refractivity (Wildman–Crippen MR) is 79.7 cm³/mol. The van der Waals surface area contributed by atoms with Crippen LogP contribution in [0.4, 0.5) is 5.69 Å². The molecule has 1 saturated heterocycles. The number of carbonyl (C=O) groups is 1. The van der Waals surface area contributed by atoms with Crippen LogP contribution in [0.2, 0.25) is 0 Å². The zero-order valence-electron chi connectivity index (χ0n) is 12.5. The zero-order chi connectivity index (χ0) is 16.3. The van der Waals surface area contributed by atoms with Gasteiger partial charge in [-0.1, -0.05) is 6.92 Å². The van der Waals surface area contributed by atoms with Crippen molar-refractivity contribution in [3.05, 3.63) is 33.9 Å². The third-order valence-corrected chi connectivity index (χ3v) is 4.62. The molecule has 0 saturated carbocycles. The highest BCUT2D eigenvalue weighted by molar-refractivity contribution is 5.95. The Hall–Kier alpha value is -2.15. The van der Waals surface area contributed by atoms with Gasteiger partial charge >= 0.3 is 5.69 Å². The lowest BCUT2D eigenvalue weighted by atomic mass is 9.77. The molecule has 0 bridgehead atoms. The highest BCUT2D eigenvalue weighted by Gasteiger charge is 2.34. The third-order valence-electron chi connectivity index (χ3n) is 4.62. The number of nitro benzene ring substituents is 1. The van der Waals surface area contributed by atoms with Crippen molar-refractivity contribution in [2.24, 2.45) is 5.41 Å². The minimum atomic E-state index is -0.712. The van der Waals surface area contributed by atoms with Crippen molar-refractivity contribution in [2.75, 3.05) is 19.7 Å². The van der Waals surface area contributed by atoms with Crippen LogP contribution >= 0.6 is 0 Å². The van der Waals surface area contributed by atoms with Gasteiger partial charge in [0.1, 0.15) is 0 Å². The molecule has 2 N–H and O–H groups in total. The van der Waals surface area contributed by atoms with Gasteiger partial charge in [-0.05, 0) is 36.8 Å². The fraction of sp³-hybridized carbons (Fsp3) is 0.533. The van der Waals surface area contributed by atoms with Gasteiger partial charge in [-0.2, -0.15) is 0 Å². The van der Waals surface area contributed by atoms with Crippen LogP contribution in [0.15, 0.2) is 18.2 Å². The van der Waals surface area contributed by atoms with Crippen molar-refractivity contribution in [3.8, 4) is 5.75 Å². The van der Waals surface area contributed by atoms with Crippen LogP contribution in [-0.2, 0) is 0 Å². The monoisotopic (exact) mass is 308 g/mol. The smallest absolute Gasteiger partial charge is 0.311 e.